The SMILES string of the molecule is C=C(C)Oc1ccc(C2c3ccc(OCc4ccccc4)cc3CCC2c2ccccc2)cc1. The van der Waals surface area contributed by atoms with E-state index in [-0.39, 0.29) is 5.92 Å². The lowest BCUT2D eigenvalue weighted by atomic mass is 9.69. The molecule has 4 aromatic carbocycles. The summed E-state index contributed by atoms with van der Waals surface area (Å²) >= 11 is 0. The van der Waals surface area contributed by atoms with Crippen LogP contribution < -0.4 is 9.47 Å². The molecule has 0 fully saturated rings. The first-order valence-electron chi connectivity index (χ1n) is 12.0. The summed E-state index contributed by atoms with van der Waals surface area (Å²) in [6.45, 7) is 6.31. The van der Waals surface area contributed by atoms with Crippen LogP contribution in [0.1, 0.15) is 53.0 Å². The van der Waals surface area contributed by atoms with Crippen LogP contribution >= 0.6 is 0 Å². The summed E-state index contributed by atoms with van der Waals surface area (Å²) in [5, 5.41) is 0. The third kappa shape index (κ3) is 4.92. The Labute approximate surface area is 202 Å². The number of aryl methyl sites for hydroxylation is 1. The number of hydrogen-bond donors (Lipinski definition) is 0. The minimum absolute atomic E-state index is 0.285. The van der Waals surface area contributed by atoms with Crippen molar-refractivity contribution in [2.45, 2.75) is 38.2 Å². The van der Waals surface area contributed by atoms with E-state index in [1.54, 1.807) is 0 Å². The van der Waals surface area contributed by atoms with Gasteiger partial charge in [0.2, 0.25) is 0 Å². The second-order valence-corrected chi connectivity index (χ2v) is 9.04. The van der Waals surface area contributed by atoms with E-state index in [0.717, 1.165) is 24.3 Å². The topological polar surface area (TPSA) is 18.5 Å². The van der Waals surface area contributed by atoms with Gasteiger partial charge in [0, 0.05) is 5.92 Å². The number of ether oxygens (including phenoxy) is 2. The molecule has 34 heavy (non-hydrogen) atoms. The van der Waals surface area contributed by atoms with Gasteiger partial charge in [-0.2, -0.15) is 0 Å². The van der Waals surface area contributed by atoms with Gasteiger partial charge in [-0.05, 0) is 77.8 Å². The van der Waals surface area contributed by atoms with Crippen LogP contribution in [0, 0.1) is 0 Å². The van der Waals surface area contributed by atoms with Crippen molar-refractivity contribution in [2.75, 3.05) is 0 Å². The molecule has 2 unspecified atom stereocenters. The van der Waals surface area contributed by atoms with Gasteiger partial charge in [0.15, 0.2) is 0 Å². The largest absolute Gasteiger partial charge is 0.489 e. The smallest absolute Gasteiger partial charge is 0.126 e. The van der Waals surface area contributed by atoms with Crippen molar-refractivity contribution in [3.63, 3.8) is 0 Å². The molecular weight excluding hydrogens is 416 g/mol. The summed E-state index contributed by atoms with van der Waals surface area (Å²) in [5.74, 6) is 3.17. The summed E-state index contributed by atoms with van der Waals surface area (Å²) in [6.07, 6.45) is 2.15. The molecule has 0 N–H and O–H groups in total. The average Bonchev–Trinajstić information content (AvgIpc) is 2.88. The Bertz CT molecular complexity index is 1240. The third-order valence-electron chi connectivity index (χ3n) is 6.58. The van der Waals surface area contributed by atoms with Crippen LogP contribution in [0.4, 0.5) is 0 Å². The lowest BCUT2D eigenvalue weighted by Crippen LogP contribution is -2.20. The van der Waals surface area contributed by atoms with E-state index in [1.165, 1.54) is 27.8 Å². The average molecular weight is 447 g/mol. The maximum atomic E-state index is 6.14. The predicted molar refractivity (Wildman–Crippen MR) is 138 cm³/mol. The highest BCUT2D eigenvalue weighted by molar-refractivity contribution is 5.48. The van der Waals surface area contributed by atoms with Crippen molar-refractivity contribution < 1.29 is 9.47 Å². The lowest BCUT2D eigenvalue weighted by Gasteiger charge is -2.35. The van der Waals surface area contributed by atoms with Crippen molar-refractivity contribution in [3.05, 3.63) is 143 Å². The van der Waals surface area contributed by atoms with E-state index < -0.39 is 0 Å². The van der Waals surface area contributed by atoms with Gasteiger partial charge in [-0.1, -0.05) is 85.4 Å². The Morgan fingerprint density at radius 1 is 0.794 bits per heavy atom. The molecular formula is C32H30O2. The van der Waals surface area contributed by atoms with Crippen molar-refractivity contribution in [2.24, 2.45) is 0 Å². The second-order valence-electron chi connectivity index (χ2n) is 9.04. The fraction of sp³-hybridized carbons (Fsp3) is 0.188. The van der Waals surface area contributed by atoms with Crippen LogP contribution in [0.3, 0.4) is 0 Å². The standard InChI is InChI=1S/C32H30O2/c1-23(2)34-28-16-13-26(14-17-28)32-30(25-11-7-4-8-12-25)19-15-27-21-29(18-20-31(27)32)33-22-24-9-5-3-6-10-24/h3-14,16-18,20-21,30,32H,1,15,19,22H2,2H3. The van der Waals surface area contributed by atoms with Gasteiger partial charge in [-0.25, -0.2) is 0 Å². The van der Waals surface area contributed by atoms with Crippen LogP contribution in [0.15, 0.2) is 115 Å². The molecule has 0 saturated heterocycles. The maximum Gasteiger partial charge on any atom is 0.126 e. The molecule has 0 amide bonds. The Morgan fingerprint density at radius 3 is 2.18 bits per heavy atom. The van der Waals surface area contributed by atoms with E-state index in [1.807, 2.05) is 25.1 Å². The number of allylic oxidation sites excluding steroid dienone is 1. The van der Waals surface area contributed by atoms with Crippen LogP contribution in [0.25, 0.3) is 0 Å². The zero-order valence-corrected chi connectivity index (χ0v) is 19.6. The highest BCUT2D eigenvalue weighted by Crippen LogP contribution is 2.47. The van der Waals surface area contributed by atoms with Crippen LogP contribution in [0.2, 0.25) is 0 Å². The van der Waals surface area contributed by atoms with Gasteiger partial charge in [-0.3, -0.25) is 0 Å². The summed E-state index contributed by atoms with van der Waals surface area (Å²) in [4.78, 5) is 0. The Hall–Kier alpha value is -3.78. The number of rotatable bonds is 7. The first-order chi connectivity index (χ1) is 16.7. The van der Waals surface area contributed by atoms with E-state index in [4.69, 9.17) is 9.47 Å². The molecule has 0 saturated carbocycles. The van der Waals surface area contributed by atoms with E-state index in [9.17, 15) is 0 Å². The van der Waals surface area contributed by atoms with Crippen LogP contribution in [-0.2, 0) is 13.0 Å². The summed E-state index contributed by atoms with van der Waals surface area (Å²) in [5.41, 5.74) is 6.65. The first-order valence-corrected chi connectivity index (χ1v) is 12.0. The molecule has 0 aliphatic heterocycles. The Kier molecular flexibility index (Phi) is 6.49. The van der Waals surface area contributed by atoms with Gasteiger partial charge in [0.05, 0.1) is 5.76 Å². The van der Waals surface area contributed by atoms with Crippen molar-refractivity contribution >= 4 is 0 Å². The number of fused-ring (bicyclic) bond motifs is 1. The van der Waals surface area contributed by atoms with Crippen molar-refractivity contribution in [1.29, 1.82) is 0 Å². The van der Waals surface area contributed by atoms with E-state index in [0.29, 0.717) is 18.3 Å². The van der Waals surface area contributed by atoms with Gasteiger partial charge in [-0.15, -0.1) is 0 Å². The molecule has 2 atom stereocenters. The molecule has 1 aliphatic rings. The fourth-order valence-corrected chi connectivity index (χ4v) is 5.04. The molecule has 0 heterocycles. The second kappa shape index (κ2) is 10.0. The van der Waals surface area contributed by atoms with Gasteiger partial charge < -0.3 is 9.47 Å². The minimum Gasteiger partial charge on any atom is -0.489 e. The molecule has 0 aromatic heterocycles. The van der Waals surface area contributed by atoms with Crippen molar-refractivity contribution in [3.8, 4) is 11.5 Å². The summed E-state index contributed by atoms with van der Waals surface area (Å²) in [7, 11) is 0. The molecule has 0 bridgehead atoms. The number of benzene rings is 4. The quantitative estimate of drug-likeness (QED) is 0.267. The first kappa shape index (κ1) is 22.0. The molecule has 2 heteroatoms. The predicted octanol–water partition coefficient (Wildman–Crippen LogP) is 8.04. The maximum absolute atomic E-state index is 6.14. The minimum atomic E-state index is 0.285. The Morgan fingerprint density at radius 2 is 1.47 bits per heavy atom. The lowest BCUT2D eigenvalue weighted by molar-refractivity contribution is 0.305. The molecule has 5 rings (SSSR count). The highest BCUT2D eigenvalue weighted by atomic mass is 16.5. The number of hydrogen-bond acceptors (Lipinski definition) is 2. The van der Waals surface area contributed by atoms with Gasteiger partial charge >= 0.3 is 0 Å². The fourth-order valence-electron chi connectivity index (χ4n) is 5.04. The van der Waals surface area contributed by atoms with Crippen molar-refractivity contribution in [1.82, 2.24) is 0 Å². The molecule has 0 radical (unpaired) electrons. The van der Waals surface area contributed by atoms with Gasteiger partial charge in [0.1, 0.15) is 18.1 Å². The van der Waals surface area contributed by atoms with E-state index in [2.05, 4.69) is 91.5 Å². The highest BCUT2D eigenvalue weighted by Gasteiger charge is 2.32. The molecule has 2 nitrogen and oxygen atoms in total. The van der Waals surface area contributed by atoms with E-state index >= 15 is 0 Å². The molecule has 0 spiro atoms. The summed E-state index contributed by atoms with van der Waals surface area (Å²) < 4.78 is 11.8. The monoisotopic (exact) mass is 446 g/mol. The molecule has 4 aromatic rings. The van der Waals surface area contributed by atoms with Crippen LogP contribution in [-0.4, -0.2) is 0 Å². The van der Waals surface area contributed by atoms with Gasteiger partial charge in [0.25, 0.3) is 0 Å². The summed E-state index contributed by atoms with van der Waals surface area (Å²) in [6, 6.07) is 36.4. The zero-order valence-electron chi connectivity index (χ0n) is 19.6. The van der Waals surface area contributed by atoms with Crippen LogP contribution in [0.5, 0.6) is 11.5 Å². The molecule has 1 aliphatic carbocycles. The molecule has 170 valence electrons. The zero-order chi connectivity index (χ0) is 23.3. The third-order valence-corrected chi connectivity index (χ3v) is 6.58. The normalized spacial score (nSPS) is 17.0. The Balaban J connectivity index is 1.46.